The van der Waals surface area contributed by atoms with E-state index in [0.29, 0.717) is 10.6 Å². The Labute approximate surface area is 109 Å². The lowest BCUT2D eigenvalue weighted by Crippen LogP contribution is -2.12. The standard InChI is InChI=1S/C14H11ClFNO/c1-9-2-4-10(5-3-9)14(18)17-13-8-11(15)6-7-12(13)16/h2-8H,1H3,(H,17,18). The highest BCUT2D eigenvalue weighted by Gasteiger charge is 2.09. The number of nitrogens with one attached hydrogen (secondary N) is 1. The molecule has 4 heteroatoms. The first kappa shape index (κ1) is 12.6. The van der Waals surface area contributed by atoms with Crippen LogP contribution in [-0.4, -0.2) is 5.91 Å². The summed E-state index contributed by atoms with van der Waals surface area (Å²) in [5, 5.41) is 2.86. The third kappa shape index (κ3) is 2.87. The van der Waals surface area contributed by atoms with Gasteiger partial charge in [-0.25, -0.2) is 4.39 Å². The maximum atomic E-state index is 13.4. The van der Waals surface area contributed by atoms with Crippen molar-refractivity contribution in [3.63, 3.8) is 0 Å². The molecule has 2 aromatic carbocycles. The molecule has 2 rings (SSSR count). The van der Waals surface area contributed by atoms with E-state index in [1.165, 1.54) is 18.2 Å². The molecule has 1 amide bonds. The predicted octanol–water partition coefficient (Wildman–Crippen LogP) is 4.04. The average molecular weight is 264 g/mol. The van der Waals surface area contributed by atoms with E-state index in [0.717, 1.165) is 5.56 Å². The summed E-state index contributed by atoms with van der Waals surface area (Å²) in [6.45, 7) is 1.93. The third-order valence-corrected chi connectivity index (χ3v) is 2.73. The number of carbonyl (C=O) groups is 1. The second kappa shape index (κ2) is 5.19. The quantitative estimate of drug-likeness (QED) is 0.870. The van der Waals surface area contributed by atoms with Crippen LogP contribution in [0.15, 0.2) is 42.5 Å². The van der Waals surface area contributed by atoms with E-state index in [1.807, 2.05) is 19.1 Å². The Bertz CT molecular complexity index is 581. The lowest BCUT2D eigenvalue weighted by molar-refractivity contribution is 0.102. The smallest absolute Gasteiger partial charge is 0.255 e. The van der Waals surface area contributed by atoms with Gasteiger partial charge in [-0.3, -0.25) is 4.79 Å². The zero-order valence-electron chi connectivity index (χ0n) is 9.71. The van der Waals surface area contributed by atoms with E-state index in [1.54, 1.807) is 12.1 Å². The summed E-state index contributed by atoms with van der Waals surface area (Å²) in [5.74, 6) is -0.879. The highest BCUT2D eigenvalue weighted by atomic mass is 35.5. The molecule has 0 saturated heterocycles. The molecule has 0 radical (unpaired) electrons. The highest BCUT2D eigenvalue weighted by molar-refractivity contribution is 6.31. The summed E-state index contributed by atoms with van der Waals surface area (Å²) >= 11 is 5.75. The van der Waals surface area contributed by atoms with Crippen molar-refractivity contribution in [2.24, 2.45) is 0 Å². The number of rotatable bonds is 2. The van der Waals surface area contributed by atoms with Gasteiger partial charge in [0.1, 0.15) is 5.82 Å². The summed E-state index contributed by atoms with van der Waals surface area (Å²) in [5.41, 5.74) is 1.61. The lowest BCUT2D eigenvalue weighted by atomic mass is 10.1. The minimum absolute atomic E-state index is 0.0769. The Balaban J connectivity index is 2.21. The summed E-state index contributed by atoms with van der Waals surface area (Å²) in [6, 6.07) is 11.0. The van der Waals surface area contributed by atoms with E-state index in [2.05, 4.69) is 5.32 Å². The van der Waals surface area contributed by atoms with E-state index in [9.17, 15) is 9.18 Å². The minimum Gasteiger partial charge on any atom is -0.319 e. The van der Waals surface area contributed by atoms with Crippen LogP contribution in [0.4, 0.5) is 10.1 Å². The summed E-state index contributed by atoms with van der Waals surface area (Å²) < 4.78 is 13.4. The van der Waals surface area contributed by atoms with Gasteiger partial charge in [-0.15, -0.1) is 0 Å². The molecule has 0 unspecified atom stereocenters. The van der Waals surface area contributed by atoms with Gasteiger partial charge in [0, 0.05) is 10.6 Å². The second-order valence-corrected chi connectivity index (χ2v) is 4.38. The molecule has 18 heavy (non-hydrogen) atoms. The van der Waals surface area contributed by atoms with Gasteiger partial charge >= 0.3 is 0 Å². The number of carbonyl (C=O) groups excluding carboxylic acids is 1. The number of benzene rings is 2. The van der Waals surface area contributed by atoms with Crippen LogP contribution in [0.1, 0.15) is 15.9 Å². The second-order valence-electron chi connectivity index (χ2n) is 3.94. The Kier molecular flexibility index (Phi) is 3.63. The average Bonchev–Trinajstić information content (AvgIpc) is 2.34. The number of hydrogen-bond donors (Lipinski definition) is 1. The first-order chi connectivity index (χ1) is 8.56. The predicted molar refractivity (Wildman–Crippen MR) is 70.5 cm³/mol. The first-order valence-electron chi connectivity index (χ1n) is 5.39. The van der Waals surface area contributed by atoms with Gasteiger partial charge in [0.15, 0.2) is 0 Å². The molecule has 0 fully saturated rings. The summed E-state index contributed by atoms with van der Waals surface area (Å²) in [6.07, 6.45) is 0. The van der Waals surface area contributed by atoms with E-state index in [4.69, 9.17) is 11.6 Å². The monoisotopic (exact) mass is 263 g/mol. The van der Waals surface area contributed by atoms with Crippen LogP contribution in [0.2, 0.25) is 5.02 Å². The number of aryl methyl sites for hydroxylation is 1. The molecule has 92 valence electrons. The van der Waals surface area contributed by atoms with Crippen molar-refractivity contribution in [1.82, 2.24) is 0 Å². The molecule has 0 aromatic heterocycles. The Morgan fingerprint density at radius 2 is 1.83 bits per heavy atom. The molecule has 2 nitrogen and oxygen atoms in total. The fourth-order valence-electron chi connectivity index (χ4n) is 1.49. The van der Waals surface area contributed by atoms with Crippen LogP contribution >= 0.6 is 11.6 Å². The van der Waals surface area contributed by atoms with Crippen LogP contribution in [-0.2, 0) is 0 Å². The highest BCUT2D eigenvalue weighted by Crippen LogP contribution is 2.20. The molecule has 0 aliphatic heterocycles. The maximum Gasteiger partial charge on any atom is 0.255 e. The first-order valence-corrected chi connectivity index (χ1v) is 5.77. The number of anilines is 1. The molecule has 0 heterocycles. The van der Waals surface area contributed by atoms with Gasteiger partial charge in [0.25, 0.3) is 5.91 Å². The molecule has 0 atom stereocenters. The van der Waals surface area contributed by atoms with Crippen LogP contribution in [0.3, 0.4) is 0 Å². The zero-order chi connectivity index (χ0) is 13.1. The molecule has 0 aliphatic rings. The topological polar surface area (TPSA) is 29.1 Å². The number of hydrogen-bond acceptors (Lipinski definition) is 1. The largest absolute Gasteiger partial charge is 0.319 e. The normalized spacial score (nSPS) is 10.2. The number of halogens is 2. The van der Waals surface area contributed by atoms with Crippen LogP contribution in [0, 0.1) is 12.7 Å². The molecule has 0 aliphatic carbocycles. The van der Waals surface area contributed by atoms with E-state index in [-0.39, 0.29) is 11.6 Å². The fourth-order valence-corrected chi connectivity index (χ4v) is 1.66. The van der Waals surface area contributed by atoms with Gasteiger partial charge in [-0.05, 0) is 37.3 Å². The van der Waals surface area contributed by atoms with Crippen LogP contribution in [0.5, 0.6) is 0 Å². The van der Waals surface area contributed by atoms with Crippen LogP contribution in [0.25, 0.3) is 0 Å². The molecule has 0 bridgehead atoms. The van der Waals surface area contributed by atoms with Crippen molar-refractivity contribution < 1.29 is 9.18 Å². The van der Waals surface area contributed by atoms with E-state index < -0.39 is 5.82 Å². The third-order valence-electron chi connectivity index (χ3n) is 2.49. The Morgan fingerprint density at radius 3 is 2.50 bits per heavy atom. The minimum atomic E-state index is -0.514. The van der Waals surface area contributed by atoms with Crippen molar-refractivity contribution in [3.05, 3.63) is 64.4 Å². The molecule has 0 spiro atoms. The van der Waals surface area contributed by atoms with Crippen LogP contribution < -0.4 is 5.32 Å². The van der Waals surface area contributed by atoms with Crippen molar-refractivity contribution in [2.75, 3.05) is 5.32 Å². The fraction of sp³-hybridized carbons (Fsp3) is 0.0714. The SMILES string of the molecule is Cc1ccc(C(=O)Nc2cc(Cl)ccc2F)cc1. The summed E-state index contributed by atoms with van der Waals surface area (Å²) in [4.78, 5) is 11.9. The summed E-state index contributed by atoms with van der Waals surface area (Å²) in [7, 11) is 0. The van der Waals surface area contributed by atoms with Crippen molar-refractivity contribution in [2.45, 2.75) is 6.92 Å². The van der Waals surface area contributed by atoms with Gasteiger partial charge in [0.2, 0.25) is 0 Å². The number of amides is 1. The van der Waals surface area contributed by atoms with Gasteiger partial charge in [-0.2, -0.15) is 0 Å². The molecule has 1 N–H and O–H groups in total. The van der Waals surface area contributed by atoms with Gasteiger partial charge < -0.3 is 5.32 Å². The maximum absolute atomic E-state index is 13.4. The lowest BCUT2D eigenvalue weighted by Gasteiger charge is -2.07. The van der Waals surface area contributed by atoms with Gasteiger partial charge in [-0.1, -0.05) is 29.3 Å². The Hall–Kier alpha value is -1.87. The molecular weight excluding hydrogens is 253 g/mol. The Morgan fingerprint density at radius 1 is 1.17 bits per heavy atom. The van der Waals surface area contributed by atoms with Crippen molar-refractivity contribution >= 4 is 23.2 Å². The molecule has 2 aromatic rings. The zero-order valence-corrected chi connectivity index (χ0v) is 10.5. The molecular formula is C14H11ClFNO. The van der Waals surface area contributed by atoms with Crippen molar-refractivity contribution in [1.29, 1.82) is 0 Å². The van der Waals surface area contributed by atoms with E-state index >= 15 is 0 Å². The molecule has 0 saturated carbocycles. The van der Waals surface area contributed by atoms with Crippen molar-refractivity contribution in [3.8, 4) is 0 Å². The van der Waals surface area contributed by atoms with Gasteiger partial charge in [0.05, 0.1) is 5.69 Å².